The lowest BCUT2D eigenvalue weighted by atomic mass is 9.71. The Morgan fingerprint density at radius 1 is 0.667 bits per heavy atom. The molecule has 0 aliphatic carbocycles. The lowest BCUT2D eigenvalue weighted by Gasteiger charge is -2.36. The van der Waals surface area contributed by atoms with Crippen LogP contribution in [0.3, 0.4) is 0 Å². The van der Waals surface area contributed by atoms with Crippen molar-refractivity contribution in [2.45, 2.75) is 30.1 Å². The van der Waals surface area contributed by atoms with Gasteiger partial charge in [-0.05, 0) is 48.6 Å². The monoisotopic (exact) mass is 455 g/mol. The van der Waals surface area contributed by atoms with E-state index >= 15 is 0 Å². The molecule has 4 aromatic carbocycles. The smallest absolute Gasteiger partial charge is 0.210 e. The summed E-state index contributed by atoms with van der Waals surface area (Å²) >= 11 is 0. The van der Waals surface area contributed by atoms with E-state index in [1.165, 1.54) is 5.56 Å². The first kappa shape index (κ1) is 23.0. The summed E-state index contributed by atoms with van der Waals surface area (Å²) in [6, 6.07) is 37.8. The average Bonchev–Trinajstić information content (AvgIpc) is 2.86. The van der Waals surface area contributed by atoms with Gasteiger partial charge in [0.05, 0.1) is 4.90 Å². The normalized spacial score (nSPS) is 11.9. The maximum atomic E-state index is 13.2. The van der Waals surface area contributed by atoms with Gasteiger partial charge in [-0.25, -0.2) is 13.1 Å². The van der Waals surface area contributed by atoms with Gasteiger partial charge in [0.15, 0.2) is 0 Å². The van der Waals surface area contributed by atoms with Gasteiger partial charge in [-0.3, -0.25) is 0 Å². The largest absolute Gasteiger partial charge is 0.240 e. The van der Waals surface area contributed by atoms with Crippen LogP contribution in [0, 0.1) is 6.92 Å². The van der Waals surface area contributed by atoms with Gasteiger partial charge in [0.2, 0.25) is 10.0 Å². The molecule has 1 N–H and O–H groups in total. The molecule has 33 heavy (non-hydrogen) atoms. The van der Waals surface area contributed by atoms with Gasteiger partial charge in [-0.1, -0.05) is 109 Å². The highest BCUT2D eigenvalue weighted by atomic mass is 32.2. The van der Waals surface area contributed by atoms with Crippen molar-refractivity contribution < 1.29 is 8.42 Å². The Labute approximate surface area is 197 Å². The van der Waals surface area contributed by atoms with Gasteiger partial charge in [-0.2, -0.15) is 0 Å². The standard InChI is InChI=1S/C29H29NO2S/c1-24-17-19-28(20-18-24)33(31,32)30-23-29(26-13-7-3-8-14-26,27-15-9-4-10-16-27)22-21-25-11-5-2-6-12-25/h2-20,30H,21-23H2,1H3. The number of hydrogen-bond donors (Lipinski definition) is 1. The summed E-state index contributed by atoms with van der Waals surface area (Å²) in [5, 5.41) is 0. The van der Waals surface area contributed by atoms with E-state index in [9.17, 15) is 8.42 Å². The lowest BCUT2D eigenvalue weighted by molar-refractivity contribution is 0.460. The first-order valence-electron chi connectivity index (χ1n) is 11.2. The summed E-state index contributed by atoms with van der Waals surface area (Å²) in [4.78, 5) is 0.284. The van der Waals surface area contributed by atoms with E-state index in [0.717, 1.165) is 29.5 Å². The molecule has 4 aromatic rings. The van der Waals surface area contributed by atoms with Crippen LogP contribution in [0.1, 0.15) is 28.7 Å². The third-order valence-electron chi connectivity index (χ3n) is 6.23. The van der Waals surface area contributed by atoms with Crippen LogP contribution in [-0.2, 0) is 21.9 Å². The number of benzene rings is 4. The maximum Gasteiger partial charge on any atom is 0.240 e. The molecule has 168 valence electrons. The first-order chi connectivity index (χ1) is 16.0. The highest BCUT2D eigenvalue weighted by Crippen LogP contribution is 2.37. The van der Waals surface area contributed by atoms with Crippen LogP contribution in [0.2, 0.25) is 0 Å². The highest BCUT2D eigenvalue weighted by molar-refractivity contribution is 7.89. The Kier molecular flexibility index (Phi) is 7.07. The third kappa shape index (κ3) is 5.41. The third-order valence-corrected chi connectivity index (χ3v) is 7.65. The molecule has 0 saturated carbocycles. The number of nitrogens with one attached hydrogen (secondary N) is 1. The zero-order valence-electron chi connectivity index (χ0n) is 18.8. The fourth-order valence-electron chi connectivity index (χ4n) is 4.28. The van der Waals surface area contributed by atoms with E-state index in [1.54, 1.807) is 12.1 Å². The van der Waals surface area contributed by atoms with Crippen molar-refractivity contribution in [1.82, 2.24) is 4.72 Å². The Bertz CT molecular complexity index is 1210. The van der Waals surface area contributed by atoms with Crippen molar-refractivity contribution in [2.24, 2.45) is 0 Å². The second kappa shape index (κ2) is 10.2. The molecule has 0 heterocycles. The minimum atomic E-state index is -3.66. The van der Waals surface area contributed by atoms with Gasteiger partial charge in [0.25, 0.3) is 0 Å². The molecular formula is C29H29NO2S. The van der Waals surface area contributed by atoms with E-state index in [1.807, 2.05) is 73.7 Å². The fourth-order valence-corrected chi connectivity index (χ4v) is 5.38. The zero-order valence-corrected chi connectivity index (χ0v) is 19.6. The number of aryl methyl sites for hydroxylation is 2. The van der Waals surface area contributed by atoms with Crippen molar-refractivity contribution in [3.8, 4) is 0 Å². The molecule has 0 saturated heterocycles. The molecule has 0 aliphatic heterocycles. The van der Waals surface area contributed by atoms with E-state index in [-0.39, 0.29) is 11.4 Å². The molecule has 0 bridgehead atoms. The van der Waals surface area contributed by atoms with Gasteiger partial charge < -0.3 is 0 Å². The molecule has 0 radical (unpaired) electrons. The van der Waals surface area contributed by atoms with Gasteiger partial charge in [0.1, 0.15) is 0 Å². The Morgan fingerprint density at radius 2 is 1.15 bits per heavy atom. The van der Waals surface area contributed by atoms with Crippen LogP contribution in [0.4, 0.5) is 0 Å². The zero-order chi connectivity index (χ0) is 23.2. The molecule has 0 unspecified atom stereocenters. The molecule has 0 aromatic heterocycles. The van der Waals surface area contributed by atoms with Crippen molar-refractivity contribution >= 4 is 10.0 Å². The second-order valence-corrected chi connectivity index (χ2v) is 10.2. The van der Waals surface area contributed by atoms with E-state index in [4.69, 9.17) is 0 Å². The van der Waals surface area contributed by atoms with Gasteiger partial charge in [-0.15, -0.1) is 0 Å². The minimum absolute atomic E-state index is 0.268. The fraction of sp³-hybridized carbons (Fsp3) is 0.172. The molecular weight excluding hydrogens is 426 g/mol. The molecule has 0 fully saturated rings. The Morgan fingerprint density at radius 3 is 1.67 bits per heavy atom. The van der Waals surface area contributed by atoms with Gasteiger partial charge in [0, 0.05) is 12.0 Å². The topological polar surface area (TPSA) is 46.2 Å². The van der Waals surface area contributed by atoms with Crippen LogP contribution < -0.4 is 4.72 Å². The van der Waals surface area contributed by atoms with Crippen LogP contribution in [0.25, 0.3) is 0 Å². The first-order valence-corrected chi connectivity index (χ1v) is 12.7. The van der Waals surface area contributed by atoms with Crippen LogP contribution in [0.15, 0.2) is 120 Å². The number of rotatable bonds is 9. The second-order valence-electron chi connectivity index (χ2n) is 8.44. The van der Waals surface area contributed by atoms with Crippen molar-refractivity contribution in [1.29, 1.82) is 0 Å². The maximum absolute atomic E-state index is 13.2. The summed E-state index contributed by atoms with van der Waals surface area (Å²) in [6.45, 7) is 2.22. The predicted molar refractivity (Wildman–Crippen MR) is 135 cm³/mol. The SMILES string of the molecule is Cc1ccc(S(=O)(=O)NCC(CCc2ccccc2)(c2ccccc2)c2ccccc2)cc1. The van der Waals surface area contributed by atoms with Crippen LogP contribution in [-0.4, -0.2) is 15.0 Å². The Balaban J connectivity index is 1.74. The minimum Gasteiger partial charge on any atom is -0.210 e. The van der Waals surface area contributed by atoms with Crippen molar-refractivity contribution in [2.75, 3.05) is 6.54 Å². The summed E-state index contributed by atoms with van der Waals surface area (Å²) in [7, 11) is -3.66. The molecule has 0 spiro atoms. The van der Waals surface area contributed by atoms with E-state index in [0.29, 0.717) is 0 Å². The summed E-state index contributed by atoms with van der Waals surface area (Å²) < 4.78 is 29.4. The highest BCUT2D eigenvalue weighted by Gasteiger charge is 2.35. The van der Waals surface area contributed by atoms with Crippen LogP contribution >= 0.6 is 0 Å². The quantitative estimate of drug-likeness (QED) is 0.342. The Hall–Kier alpha value is -3.21. The molecule has 0 amide bonds. The van der Waals surface area contributed by atoms with Crippen molar-refractivity contribution in [3.63, 3.8) is 0 Å². The molecule has 0 atom stereocenters. The van der Waals surface area contributed by atoms with E-state index < -0.39 is 15.4 Å². The predicted octanol–water partition coefficient (Wildman–Crippen LogP) is 5.89. The molecule has 3 nitrogen and oxygen atoms in total. The molecule has 0 aliphatic rings. The summed E-state index contributed by atoms with van der Waals surface area (Å²) in [6.07, 6.45) is 1.60. The number of sulfonamides is 1. The van der Waals surface area contributed by atoms with E-state index in [2.05, 4.69) is 41.1 Å². The van der Waals surface area contributed by atoms with Gasteiger partial charge >= 0.3 is 0 Å². The number of hydrogen-bond acceptors (Lipinski definition) is 2. The average molecular weight is 456 g/mol. The molecule has 4 heteroatoms. The van der Waals surface area contributed by atoms with Crippen LogP contribution in [0.5, 0.6) is 0 Å². The summed E-state index contributed by atoms with van der Waals surface area (Å²) in [5.41, 5.74) is 3.93. The summed E-state index contributed by atoms with van der Waals surface area (Å²) in [5.74, 6) is 0. The lowest BCUT2D eigenvalue weighted by Crippen LogP contribution is -2.42. The van der Waals surface area contributed by atoms with Crippen molar-refractivity contribution in [3.05, 3.63) is 138 Å². The molecule has 4 rings (SSSR count).